The van der Waals surface area contributed by atoms with Gasteiger partial charge in [0.05, 0.1) is 0 Å². The Labute approximate surface area is 80.5 Å². The van der Waals surface area contributed by atoms with Gasteiger partial charge >= 0.3 is 80.4 Å². The fourth-order valence-electron chi connectivity index (χ4n) is 18.8. The zero-order valence-electron chi connectivity index (χ0n) is 9.01. The van der Waals surface area contributed by atoms with Crippen LogP contribution in [0.15, 0.2) is 0 Å². The number of rotatable bonds is 2. The minimum atomic E-state index is -3.84. The fourth-order valence-corrected chi connectivity index (χ4v) is 157. The Kier molecular flexibility index (Phi) is 0.169. The monoisotopic (exact) mass is 310 g/mol. The number of alkyl halides is 2. The second kappa shape index (κ2) is 0.444. The number of hydrogen-bond acceptors (Lipinski definition) is 0. The van der Waals surface area contributed by atoms with Crippen LogP contribution in [0.2, 0.25) is 44.1 Å². The molecule has 88 valence electrons. The van der Waals surface area contributed by atoms with E-state index in [4.69, 9.17) is 0 Å². The normalized spacial score (nSPS) is 131. The van der Waals surface area contributed by atoms with Crippen molar-refractivity contribution in [2.24, 2.45) is 0 Å². The zero-order chi connectivity index (χ0) is 10.2. The van der Waals surface area contributed by atoms with Crippen LogP contribution in [0.25, 0.3) is 0 Å². The van der Waals surface area contributed by atoms with Gasteiger partial charge in [-0.3, -0.25) is 0 Å². The SMILES string of the molecule is CC[C]12[CH]3[CH]4[CH]5[CH]1[Ru]45321678[CH]2[CH]1[CH]6[C]7(C(F)F)[CH]28. The molecule has 10 saturated heterocycles. The summed E-state index contributed by atoms with van der Waals surface area (Å²) in [5.41, 5.74) is 0. The standard InChI is InChI=1S/C7H9.C6H5F2.Ru/c1-2-7-5-3-4-6-7;7-6(8)5-3-1-2-4-5;/h3-6H,2H2,1H3;1-4,6H;. The van der Waals surface area contributed by atoms with Crippen LogP contribution < -0.4 is 0 Å². The summed E-state index contributed by atoms with van der Waals surface area (Å²) >= 11 is 0. The molecule has 0 N–H and O–H groups in total. The summed E-state index contributed by atoms with van der Waals surface area (Å²) in [4.78, 5) is 0. The van der Waals surface area contributed by atoms with Crippen molar-refractivity contribution in [3.05, 3.63) is 0 Å². The third-order valence-corrected chi connectivity index (χ3v) is 85.0. The molecule has 10 aliphatic rings. The Bertz CT molecular complexity index is 970. The van der Waals surface area contributed by atoms with Gasteiger partial charge in [-0.2, -0.15) is 0 Å². The summed E-state index contributed by atoms with van der Waals surface area (Å²) in [7, 11) is -3.84. The van der Waals surface area contributed by atoms with Crippen LogP contribution >= 0.6 is 0 Å². The molecular weight excluding hydrogens is 295 g/mol. The first-order chi connectivity index (χ1) is 7.44. The minimum absolute atomic E-state index is 0.158. The molecule has 0 aromatic carbocycles. The van der Waals surface area contributed by atoms with Gasteiger partial charge in [-0.15, -0.1) is 0 Å². The van der Waals surface area contributed by atoms with Crippen molar-refractivity contribution in [3.8, 4) is 0 Å². The molecule has 10 aliphatic heterocycles. The molecule has 0 aromatic heterocycles. The van der Waals surface area contributed by atoms with Crippen LogP contribution in [0.4, 0.5) is 8.78 Å². The molecular formula is C13H14F2Ru. The van der Waals surface area contributed by atoms with Crippen molar-refractivity contribution >= 4 is 0 Å². The summed E-state index contributed by atoms with van der Waals surface area (Å²) in [5, 5.41) is 0. The molecule has 3 heteroatoms. The molecule has 0 bridgehead atoms. The summed E-state index contributed by atoms with van der Waals surface area (Å²) in [6.07, 6.45) is -0.537. The molecule has 0 radical (unpaired) electrons. The predicted octanol–water partition coefficient (Wildman–Crippen LogP) is 4.79. The van der Waals surface area contributed by atoms with Gasteiger partial charge in [0, 0.05) is 0 Å². The fraction of sp³-hybridized carbons (Fsp3) is 1.00. The topological polar surface area (TPSA) is 0 Å². The van der Waals surface area contributed by atoms with E-state index in [9.17, 15) is 8.78 Å². The van der Waals surface area contributed by atoms with E-state index in [0.29, 0.717) is 0 Å². The van der Waals surface area contributed by atoms with E-state index < -0.39 is 14.1 Å². The molecule has 0 saturated carbocycles. The summed E-state index contributed by atoms with van der Waals surface area (Å²) in [5.74, 6) is 0. The van der Waals surface area contributed by atoms with Crippen LogP contribution in [0.5, 0.6) is 0 Å². The van der Waals surface area contributed by atoms with Gasteiger partial charge in [0.1, 0.15) is 0 Å². The Morgan fingerprint density at radius 1 is 1.00 bits per heavy atom. The molecule has 8 atom stereocenters. The molecule has 0 nitrogen and oxygen atoms in total. The molecule has 8 unspecified atom stereocenters. The van der Waals surface area contributed by atoms with Gasteiger partial charge in [-0.25, -0.2) is 0 Å². The molecule has 1 spiro atoms. The van der Waals surface area contributed by atoms with Crippen LogP contribution in [-0.2, 0) is 7.72 Å². The van der Waals surface area contributed by atoms with E-state index >= 15 is 0 Å². The molecule has 0 aliphatic carbocycles. The maximum atomic E-state index is 13.9. The Balaban J connectivity index is 1.79. The average Bonchev–Trinajstić information content (AvgIpc) is 3.22. The predicted molar refractivity (Wildman–Crippen MR) is 51.7 cm³/mol. The Morgan fingerprint density at radius 2 is 1.50 bits per heavy atom. The van der Waals surface area contributed by atoms with Crippen LogP contribution in [0, 0.1) is 0 Å². The van der Waals surface area contributed by atoms with E-state index in [1.54, 1.807) is 0 Å². The third kappa shape index (κ3) is 0.0475. The zero-order valence-corrected chi connectivity index (χ0v) is 10.8. The van der Waals surface area contributed by atoms with Crippen molar-refractivity contribution in [1.82, 2.24) is 0 Å². The van der Waals surface area contributed by atoms with E-state index in [-0.39, 0.29) is 4.01 Å². The van der Waals surface area contributed by atoms with Crippen molar-refractivity contribution in [3.63, 3.8) is 0 Å². The summed E-state index contributed by atoms with van der Waals surface area (Å²) in [6.45, 7) is 2.37. The third-order valence-electron chi connectivity index (χ3n) is 16.1. The Hall–Kier alpha value is 0.483. The van der Waals surface area contributed by atoms with Gasteiger partial charge in [0.15, 0.2) is 0 Å². The second-order valence-corrected chi connectivity index (χ2v) is 47.4. The molecule has 16 heavy (non-hydrogen) atoms. The molecule has 0 aromatic rings. The van der Waals surface area contributed by atoms with Crippen molar-refractivity contribution in [1.29, 1.82) is 0 Å². The molecule has 10 heterocycles. The molecule has 10 fully saturated rings. The van der Waals surface area contributed by atoms with E-state index in [2.05, 4.69) is 6.92 Å². The summed E-state index contributed by atoms with van der Waals surface area (Å²) in [6, 6.07) is 0. The molecule has 10 rings (SSSR count). The first kappa shape index (κ1) is 6.09. The first-order valence-electron chi connectivity index (χ1n) is 6.93. The second-order valence-electron chi connectivity index (χ2n) is 10.6. The van der Waals surface area contributed by atoms with Crippen LogP contribution in [0.1, 0.15) is 13.3 Å². The maximum absolute atomic E-state index is 13.9. The summed E-state index contributed by atoms with van der Waals surface area (Å²) < 4.78 is 36.2. The van der Waals surface area contributed by atoms with Gasteiger partial charge in [0.2, 0.25) is 0 Å². The van der Waals surface area contributed by atoms with E-state index in [1.165, 1.54) is 6.42 Å². The quantitative estimate of drug-likeness (QED) is 0.643. The van der Waals surface area contributed by atoms with Gasteiger partial charge < -0.3 is 0 Å². The number of hydrogen-bond donors (Lipinski definition) is 0. The van der Waals surface area contributed by atoms with Crippen LogP contribution in [-0.4, -0.2) is 6.43 Å². The van der Waals surface area contributed by atoms with Crippen molar-refractivity contribution < 1.29 is 16.5 Å². The molecule has 0 amide bonds. The van der Waals surface area contributed by atoms with Crippen molar-refractivity contribution in [2.45, 2.75) is 63.9 Å². The average molecular weight is 309 g/mol. The van der Waals surface area contributed by atoms with Gasteiger partial charge in [0.25, 0.3) is 0 Å². The Morgan fingerprint density at radius 3 is 1.69 bits per heavy atom. The number of fused-ring (bicyclic) bond motifs is 10. The van der Waals surface area contributed by atoms with E-state index in [1.807, 2.05) is 0 Å². The van der Waals surface area contributed by atoms with Gasteiger partial charge in [-0.05, 0) is 0 Å². The van der Waals surface area contributed by atoms with E-state index in [0.717, 1.165) is 40.1 Å². The first-order valence-corrected chi connectivity index (χ1v) is 16.7. The van der Waals surface area contributed by atoms with Gasteiger partial charge in [-0.1, -0.05) is 0 Å². The van der Waals surface area contributed by atoms with Crippen molar-refractivity contribution in [2.75, 3.05) is 0 Å². The van der Waals surface area contributed by atoms with Crippen LogP contribution in [0.3, 0.4) is 0 Å². The number of halogens is 2.